The van der Waals surface area contributed by atoms with Crippen LogP contribution in [0.3, 0.4) is 0 Å². The maximum Gasteiger partial charge on any atom is 0.414 e. The van der Waals surface area contributed by atoms with E-state index in [0.717, 1.165) is 17.0 Å². The zero-order chi connectivity index (χ0) is 22.7. The summed E-state index contributed by atoms with van der Waals surface area (Å²) < 4.78 is 63.0. The molecule has 3 fully saturated rings. The SMILES string of the molecule is CC(C)(C)OC(=O)NC[C@H]1CN(c2cc(F)c([C@H]3[C@@H]4CS(=O)(=O)C[C@@H]43)c(F)c2)C(=O)O1. The van der Waals surface area contributed by atoms with E-state index in [1.807, 2.05) is 0 Å². The molecule has 0 unspecified atom stereocenters. The standard InChI is InChI=1S/C20H24F2N2O6S/c1-20(2,3)30-18(25)23-6-11-7-24(19(26)29-11)10-4-14(21)17(15(22)5-10)16-12-8-31(27,28)9-13(12)16/h4-5,11-13,16H,6-9H2,1-3H3,(H,23,25)/t11-,12-,13+,16+/m0/s1. The second-order valence-electron chi connectivity index (χ2n) is 9.25. The predicted octanol–water partition coefficient (Wildman–Crippen LogP) is 2.57. The van der Waals surface area contributed by atoms with Gasteiger partial charge >= 0.3 is 12.2 Å². The van der Waals surface area contributed by atoms with Crippen LogP contribution in [0.2, 0.25) is 0 Å². The van der Waals surface area contributed by atoms with Crippen molar-refractivity contribution in [2.45, 2.75) is 38.4 Å². The molecule has 0 radical (unpaired) electrons. The third-order valence-corrected chi connectivity index (χ3v) is 7.47. The van der Waals surface area contributed by atoms with Crippen molar-refractivity contribution >= 4 is 27.7 Å². The van der Waals surface area contributed by atoms with Gasteiger partial charge in [-0.2, -0.15) is 0 Å². The summed E-state index contributed by atoms with van der Waals surface area (Å²) in [6, 6.07) is 2.12. The molecular formula is C20H24F2N2O6S. The number of nitrogens with one attached hydrogen (secondary N) is 1. The number of alkyl carbamates (subject to hydrolysis) is 1. The lowest BCUT2D eigenvalue weighted by Gasteiger charge is -2.20. The Hall–Kier alpha value is -2.43. The summed E-state index contributed by atoms with van der Waals surface area (Å²) in [6.07, 6.45) is -2.16. The largest absolute Gasteiger partial charge is 0.444 e. The Kier molecular flexibility index (Phi) is 5.14. The maximum absolute atomic E-state index is 14.7. The Morgan fingerprint density at radius 2 is 1.81 bits per heavy atom. The van der Waals surface area contributed by atoms with Crippen LogP contribution in [0.1, 0.15) is 32.3 Å². The molecule has 11 heteroatoms. The van der Waals surface area contributed by atoms with Crippen molar-refractivity contribution in [2.24, 2.45) is 11.8 Å². The molecule has 170 valence electrons. The molecule has 1 aromatic carbocycles. The van der Waals surface area contributed by atoms with Gasteiger partial charge in [0.15, 0.2) is 9.84 Å². The van der Waals surface area contributed by atoms with E-state index in [2.05, 4.69) is 5.32 Å². The number of fused-ring (bicyclic) bond motifs is 1. The summed E-state index contributed by atoms with van der Waals surface area (Å²) in [6.45, 7) is 5.12. The van der Waals surface area contributed by atoms with E-state index in [9.17, 15) is 26.8 Å². The van der Waals surface area contributed by atoms with Gasteiger partial charge in [0.2, 0.25) is 0 Å². The number of hydrogen-bond donors (Lipinski definition) is 1. The molecule has 4 rings (SSSR count). The number of rotatable bonds is 4. The summed E-state index contributed by atoms with van der Waals surface area (Å²) in [7, 11) is -3.12. The fourth-order valence-corrected chi connectivity index (χ4v) is 6.60. The van der Waals surface area contributed by atoms with Crippen LogP contribution in [0, 0.1) is 23.5 Å². The zero-order valence-electron chi connectivity index (χ0n) is 17.4. The van der Waals surface area contributed by atoms with E-state index in [1.54, 1.807) is 20.8 Å². The van der Waals surface area contributed by atoms with E-state index in [-0.39, 0.29) is 47.7 Å². The van der Waals surface area contributed by atoms with Crippen LogP contribution >= 0.6 is 0 Å². The highest BCUT2D eigenvalue weighted by Crippen LogP contribution is 2.60. The van der Waals surface area contributed by atoms with E-state index >= 15 is 0 Å². The lowest BCUT2D eigenvalue weighted by Crippen LogP contribution is -2.38. The first-order valence-electron chi connectivity index (χ1n) is 9.99. The monoisotopic (exact) mass is 458 g/mol. The molecule has 0 bridgehead atoms. The molecule has 8 nitrogen and oxygen atoms in total. The van der Waals surface area contributed by atoms with Crippen LogP contribution in [0.15, 0.2) is 12.1 Å². The van der Waals surface area contributed by atoms with Gasteiger partial charge in [0, 0.05) is 5.56 Å². The van der Waals surface area contributed by atoms with Gasteiger partial charge in [-0.15, -0.1) is 0 Å². The second kappa shape index (κ2) is 7.32. The minimum absolute atomic E-state index is 0.000218. The first kappa shape index (κ1) is 21.8. The van der Waals surface area contributed by atoms with Crippen LogP contribution in [0.25, 0.3) is 0 Å². The minimum atomic E-state index is -3.12. The van der Waals surface area contributed by atoms with Crippen molar-refractivity contribution in [3.8, 4) is 0 Å². The Morgan fingerprint density at radius 1 is 1.23 bits per heavy atom. The zero-order valence-corrected chi connectivity index (χ0v) is 18.2. The lowest BCUT2D eigenvalue weighted by molar-refractivity contribution is 0.0496. The summed E-state index contributed by atoms with van der Waals surface area (Å²) >= 11 is 0. The van der Waals surface area contributed by atoms with Crippen molar-refractivity contribution in [3.05, 3.63) is 29.3 Å². The van der Waals surface area contributed by atoms with Crippen LogP contribution in [0.4, 0.5) is 24.1 Å². The molecule has 1 saturated carbocycles. The maximum atomic E-state index is 14.7. The van der Waals surface area contributed by atoms with Gasteiger partial charge in [0.1, 0.15) is 23.3 Å². The molecule has 31 heavy (non-hydrogen) atoms. The molecule has 3 aliphatic rings. The lowest BCUT2D eigenvalue weighted by atomic mass is 10.1. The number of benzene rings is 1. The molecule has 1 aromatic rings. The normalized spacial score (nSPS) is 28.8. The molecule has 1 N–H and O–H groups in total. The Labute approximate surface area is 178 Å². The van der Waals surface area contributed by atoms with Crippen molar-refractivity contribution in [2.75, 3.05) is 29.5 Å². The van der Waals surface area contributed by atoms with Gasteiger partial charge in [0.25, 0.3) is 0 Å². The first-order valence-corrected chi connectivity index (χ1v) is 11.8. The number of amides is 2. The summed E-state index contributed by atoms with van der Waals surface area (Å²) in [5.74, 6) is -2.67. The number of carbonyl (C=O) groups excluding carboxylic acids is 2. The highest BCUT2D eigenvalue weighted by atomic mass is 32.2. The molecule has 0 aromatic heterocycles. The molecule has 2 amide bonds. The highest BCUT2D eigenvalue weighted by Gasteiger charge is 2.60. The number of cyclic esters (lactones) is 1. The quantitative estimate of drug-likeness (QED) is 0.744. The van der Waals surface area contributed by atoms with Gasteiger partial charge in [0.05, 0.1) is 30.3 Å². The number of sulfone groups is 1. The fraction of sp³-hybridized carbons (Fsp3) is 0.600. The van der Waals surface area contributed by atoms with E-state index in [4.69, 9.17) is 9.47 Å². The van der Waals surface area contributed by atoms with Crippen LogP contribution in [0.5, 0.6) is 0 Å². The smallest absolute Gasteiger partial charge is 0.414 e. The van der Waals surface area contributed by atoms with Crippen molar-refractivity contribution in [3.63, 3.8) is 0 Å². The average molecular weight is 458 g/mol. The van der Waals surface area contributed by atoms with Gasteiger partial charge in [-0.25, -0.2) is 26.8 Å². The topological polar surface area (TPSA) is 102 Å². The van der Waals surface area contributed by atoms with Crippen molar-refractivity contribution in [1.82, 2.24) is 5.32 Å². The minimum Gasteiger partial charge on any atom is -0.444 e. The molecule has 2 saturated heterocycles. The van der Waals surface area contributed by atoms with Gasteiger partial charge in [-0.3, -0.25) is 4.90 Å². The van der Waals surface area contributed by atoms with Crippen LogP contribution in [-0.2, 0) is 19.3 Å². The number of hydrogen-bond acceptors (Lipinski definition) is 6. The van der Waals surface area contributed by atoms with Gasteiger partial charge < -0.3 is 14.8 Å². The third kappa shape index (κ3) is 4.46. The predicted molar refractivity (Wildman–Crippen MR) is 107 cm³/mol. The van der Waals surface area contributed by atoms with Gasteiger partial charge in [-0.1, -0.05) is 0 Å². The molecule has 2 heterocycles. The Bertz CT molecular complexity index is 998. The van der Waals surface area contributed by atoms with E-state index < -0.39 is 51.3 Å². The van der Waals surface area contributed by atoms with Crippen molar-refractivity contribution < 1.29 is 36.3 Å². The third-order valence-electron chi connectivity index (χ3n) is 5.68. The molecule has 0 spiro atoms. The fourth-order valence-electron chi connectivity index (χ4n) is 4.38. The molecular weight excluding hydrogens is 434 g/mol. The summed E-state index contributed by atoms with van der Waals surface area (Å²) in [5.41, 5.74) is -0.796. The average Bonchev–Trinajstić information content (AvgIpc) is 2.96. The molecule has 4 atom stereocenters. The highest BCUT2D eigenvalue weighted by molar-refractivity contribution is 7.91. The number of carbonyl (C=O) groups is 2. The number of halogens is 2. The number of anilines is 1. The van der Waals surface area contributed by atoms with Crippen molar-refractivity contribution in [1.29, 1.82) is 0 Å². The Morgan fingerprint density at radius 3 is 2.35 bits per heavy atom. The van der Waals surface area contributed by atoms with E-state index in [1.165, 1.54) is 0 Å². The summed E-state index contributed by atoms with van der Waals surface area (Å²) in [4.78, 5) is 25.0. The number of nitrogens with zero attached hydrogens (tertiary/aromatic N) is 1. The second-order valence-corrected chi connectivity index (χ2v) is 11.4. The first-order chi connectivity index (χ1) is 14.3. The van der Waals surface area contributed by atoms with Gasteiger partial charge in [-0.05, 0) is 50.7 Å². The Balaban J connectivity index is 1.41. The molecule has 1 aliphatic carbocycles. The summed E-state index contributed by atoms with van der Waals surface area (Å²) in [5, 5.41) is 2.50. The van der Waals surface area contributed by atoms with Crippen LogP contribution in [-0.4, -0.2) is 56.9 Å². The van der Waals surface area contributed by atoms with Crippen LogP contribution < -0.4 is 10.2 Å². The number of ether oxygens (including phenoxy) is 2. The van der Waals surface area contributed by atoms with E-state index in [0.29, 0.717) is 0 Å². The molecule has 2 aliphatic heterocycles.